The largest absolute Gasteiger partial charge is 0.354 e. The molecule has 1 saturated heterocycles. The van der Waals surface area contributed by atoms with Crippen LogP contribution in [0.15, 0.2) is 16.8 Å². The van der Waals surface area contributed by atoms with Crippen LogP contribution in [-0.4, -0.2) is 54.3 Å². The lowest BCUT2D eigenvalue weighted by Crippen LogP contribution is -2.43. The topological polar surface area (TPSA) is 84.3 Å². The van der Waals surface area contributed by atoms with E-state index < -0.39 is 10.0 Å². The number of aryl methyl sites for hydroxylation is 1. The van der Waals surface area contributed by atoms with E-state index in [1.807, 2.05) is 11.6 Å². The summed E-state index contributed by atoms with van der Waals surface area (Å²) in [5.41, 5.74) is 4.44. The number of sulfonamides is 1. The van der Waals surface area contributed by atoms with Gasteiger partial charge >= 0.3 is 0 Å². The van der Waals surface area contributed by atoms with Crippen LogP contribution in [-0.2, 0) is 21.4 Å². The summed E-state index contributed by atoms with van der Waals surface area (Å²) in [6, 6.07) is 2.09. The van der Waals surface area contributed by atoms with Gasteiger partial charge < -0.3 is 5.32 Å². The number of hydrogen-bond acceptors (Lipinski definition) is 5. The molecule has 1 aliphatic heterocycles. The lowest BCUT2D eigenvalue weighted by atomic mass is 9.97. The molecule has 0 radical (unpaired) electrons. The molecule has 3 heterocycles. The first-order valence-electron chi connectivity index (χ1n) is 9.06. The quantitative estimate of drug-likeness (QED) is 0.790. The zero-order valence-electron chi connectivity index (χ0n) is 15.9. The third-order valence-corrected chi connectivity index (χ3v) is 7.09. The monoisotopic (exact) mass is 410 g/mol. The van der Waals surface area contributed by atoms with E-state index in [-0.39, 0.29) is 11.8 Å². The maximum atomic E-state index is 12.4. The summed E-state index contributed by atoms with van der Waals surface area (Å²) in [7, 11) is -3.16. The maximum absolute atomic E-state index is 12.4. The Morgan fingerprint density at radius 3 is 2.63 bits per heavy atom. The van der Waals surface area contributed by atoms with E-state index in [0.29, 0.717) is 39.0 Å². The number of carbonyl (C=O) groups excluding carboxylic acids is 1. The van der Waals surface area contributed by atoms with Gasteiger partial charge in [0.15, 0.2) is 0 Å². The molecule has 0 aromatic carbocycles. The van der Waals surface area contributed by atoms with Crippen molar-refractivity contribution in [2.45, 2.75) is 33.2 Å². The Hall–Kier alpha value is -1.71. The molecule has 1 amide bonds. The van der Waals surface area contributed by atoms with Crippen LogP contribution < -0.4 is 5.32 Å². The van der Waals surface area contributed by atoms with Crippen LogP contribution in [0.4, 0.5) is 0 Å². The van der Waals surface area contributed by atoms with E-state index in [1.54, 1.807) is 11.3 Å². The average Bonchev–Trinajstić information content (AvgIpc) is 3.22. The zero-order chi connectivity index (χ0) is 19.6. The molecule has 0 atom stereocenters. The van der Waals surface area contributed by atoms with Crippen LogP contribution in [0.3, 0.4) is 0 Å². The van der Waals surface area contributed by atoms with E-state index in [4.69, 9.17) is 0 Å². The van der Waals surface area contributed by atoms with Gasteiger partial charge in [0.25, 0.3) is 0 Å². The summed E-state index contributed by atoms with van der Waals surface area (Å²) in [6.45, 7) is 6.01. The number of carbonyl (C=O) groups is 1. The molecule has 7 nitrogen and oxygen atoms in total. The first kappa shape index (κ1) is 20.0. The summed E-state index contributed by atoms with van der Waals surface area (Å²) >= 11 is 1.67. The highest BCUT2D eigenvalue weighted by Gasteiger charge is 2.28. The standard InChI is InChI=1S/C18H26N4O3S2/c1-13-17(16-6-11-26-12-16)14(2)22(20-13)10-7-19-18(23)15-4-8-21(9-5-15)27(3,24)25/h6,11-12,15H,4-5,7-10H2,1-3H3,(H,19,23). The van der Waals surface area contributed by atoms with Crippen molar-refractivity contribution in [3.05, 3.63) is 28.2 Å². The number of rotatable bonds is 6. The molecule has 2 aromatic rings. The predicted octanol–water partition coefficient (Wildman–Crippen LogP) is 2.02. The van der Waals surface area contributed by atoms with Gasteiger partial charge in [-0.15, -0.1) is 0 Å². The SMILES string of the molecule is Cc1nn(CCNC(=O)C2CCN(S(C)(=O)=O)CC2)c(C)c1-c1ccsc1. The van der Waals surface area contributed by atoms with Gasteiger partial charge in [-0.3, -0.25) is 9.48 Å². The third kappa shape index (κ3) is 4.59. The molecule has 0 aliphatic carbocycles. The number of piperidine rings is 1. The lowest BCUT2D eigenvalue weighted by Gasteiger charge is -2.29. The number of hydrogen-bond donors (Lipinski definition) is 1. The molecule has 0 saturated carbocycles. The van der Waals surface area contributed by atoms with Gasteiger partial charge in [0.05, 0.1) is 18.5 Å². The van der Waals surface area contributed by atoms with Crippen LogP contribution in [0, 0.1) is 19.8 Å². The van der Waals surface area contributed by atoms with E-state index in [2.05, 4.69) is 34.2 Å². The van der Waals surface area contributed by atoms with Crippen molar-refractivity contribution in [2.24, 2.45) is 5.92 Å². The molecule has 0 spiro atoms. The van der Waals surface area contributed by atoms with Gasteiger partial charge in [0.1, 0.15) is 0 Å². The fourth-order valence-corrected chi connectivity index (χ4v) is 5.14. The van der Waals surface area contributed by atoms with Crippen LogP contribution in [0.25, 0.3) is 11.1 Å². The van der Waals surface area contributed by atoms with Crippen LogP contribution in [0.5, 0.6) is 0 Å². The minimum Gasteiger partial charge on any atom is -0.354 e. The van der Waals surface area contributed by atoms with Crippen molar-refractivity contribution in [3.63, 3.8) is 0 Å². The van der Waals surface area contributed by atoms with Gasteiger partial charge in [-0.2, -0.15) is 16.4 Å². The van der Waals surface area contributed by atoms with Crippen LogP contribution in [0.1, 0.15) is 24.2 Å². The average molecular weight is 411 g/mol. The minimum absolute atomic E-state index is 0.00254. The number of nitrogens with zero attached hydrogens (tertiary/aromatic N) is 3. The van der Waals surface area contributed by atoms with E-state index >= 15 is 0 Å². The molecular weight excluding hydrogens is 384 g/mol. The van der Waals surface area contributed by atoms with Crippen molar-refractivity contribution < 1.29 is 13.2 Å². The fraction of sp³-hybridized carbons (Fsp3) is 0.556. The van der Waals surface area contributed by atoms with Gasteiger partial charge in [-0.05, 0) is 49.1 Å². The van der Waals surface area contributed by atoms with E-state index in [9.17, 15) is 13.2 Å². The van der Waals surface area contributed by atoms with Gasteiger partial charge in [-0.25, -0.2) is 12.7 Å². The fourth-order valence-electron chi connectivity index (χ4n) is 3.62. The van der Waals surface area contributed by atoms with Crippen molar-refractivity contribution in [3.8, 4) is 11.1 Å². The molecule has 2 aromatic heterocycles. The highest BCUT2D eigenvalue weighted by molar-refractivity contribution is 7.88. The second kappa shape index (κ2) is 8.12. The van der Waals surface area contributed by atoms with Gasteiger partial charge in [0.2, 0.25) is 15.9 Å². The minimum atomic E-state index is -3.16. The Morgan fingerprint density at radius 1 is 1.33 bits per heavy atom. The Kier molecular flexibility index (Phi) is 6.02. The highest BCUT2D eigenvalue weighted by atomic mass is 32.2. The second-order valence-electron chi connectivity index (χ2n) is 7.01. The van der Waals surface area contributed by atoms with Crippen molar-refractivity contribution in [2.75, 3.05) is 25.9 Å². The molecular formula is C18H26N4O3S2. The molecule has 0 bridgehead atoms. The zero-order valence-corrected chi connectivity index (χ0v) is 17.6. The van der Waals surface area contributed by atoms with Crippen molar-refractivity contribution >= 4 is 27.3 Å². The summed E-state index contributed by atoms with van der Waals surface area (Å²) in [5.74, 6) is -0.118. The summed E-state index contributed by atoms with van der Waals surface area (Å²) < 4.78 is 26.5. The predicted molar refractivity (Wildman–Crippen MR) is 107 cm³/mol. The molecule has 1 aliphatic rings. The molecule has 3 rings (SSSR count). The van der Waals surface area contributed by atoms with Crippen LogP contribution in [0.2, 0.25) is 0 Å². The molecule has 148 valence electrons. The van der Waals surface area contributed by atoms with Crippen molar-refractivity contribution in [1.82, 2.24) is 19.4 Å². The molecule has 1 fully saturated rings. The summed E-state index contributed by atoms with van der Waals surface area (Å²) in [6.07, 6.45) is 2.36. The normalized spacial score (nSPS) is 16.6. The number of aromatic nitrogens is 2. The Morgan fingerprint density at radius 2 is 2.04 bits per heavy atom. The Bertz CT molecular complexity index is 895. The highest BCUT2D eigenvalue weighted by Crippen LogP contribution is 2.28. The molecule has 1 N–H and O–H groups in total. The van der Waals surface area contributed by atoms with Crippen molar-refractivity contribution in [1.29, 1.82) is 0 Å². The Labute approximate surface area is 164 Å². The lowest BCUT2D eigenvalue weighted by molar-refractivity contribution is -0.126. The number of nitrogens with one attached hydrogen (secondary N) is 1. The summed E-state index contributed by atoms with van der Waals surface area (Å²) in [5, 5.41) is 11.8. The van der Waals surface area contributed by atoms with Crippen LogP contribution >= 0.6 is 11.3 Å². The third-order valence-electron chi connectivity index (χ3n) is 5.11. The molecule has 9 heteroatoms. The summed E-state index contributed by atoms with van der Waals surface area (Å²) in [4.78, 5) is 12.4. The second-order valence-corrected chi connectivity index (χ2v) is 9.77. The van der Waals surface area contributed by atoms with Gasteiger partial charge in [-0.1, -0.05) is 0 Å². The smallest absolute Gasteiger partial charge is 0.223 e. The van der Waals surface area contributed by atoms with E-state index in [1.165, 1.54) is 16.1 Å². The Balaban J connectivity index is 1.52. The number of amides is 1. The molecule has 27 heavy (non-hydrogen) atoms. The maximum Gasteiger partial charge on any atom is 0.223 e. The first-order chi connectivity index (χ1) is 12.8. The first-order valence-corrected chi connectivity index (χ1v) is 11.9. The van der Waals surface area contributed by atoms with Gasteiger partial charge in [0, 0.05) is 36.8 Å². The number of thiophene rings is 1. The van der Waals surface area contributed by atoms with E-state index in [0.717, 1.165) is 17.0 Å². The molecule has 0 unspecified atom stereocenters.